The lowest BCUT2D eigenvalue weighted by molar-refractivity contribution is 0.563. The molecule has 2 aliphatic carbocycles. The van der Waals surface area contributed by atoms with Gasteiger partial charge in [0.2, 0.25) is 0 Å². The van der Waals surface area contributed by atoms with Gasteiger partial charge < -0.3 is 0 Å². The second-order valence-corrected chi connectivity index (χ2v) is 13.0. The summed E-state index contributed by atoms with van der Waals surface area (Å²) < 4.78 is 0. The van der Waals surface area contributed by atoms with Gasteiger partial charge in [-0.05, 0) is 73.8 Å². The molecule has 2 heteroatoms. The van der Waals surface area contributed by atoms with Crippen LogP contribution in [0.4, 0.5) is 0 Å². The third-order valence-electron chi connectivity index (χ3n) is 10.3. The van der Waals surface area contributed by atoms with Crippen LogP contribution in [0.25, 0.3) is 44.8 Å². The smallest absolute Gasteiger partial charge is 0.0930 e. The van der Waals surface area contributed by atoms with Crippen LogP contribution in [-0.2, 0) is 10.8 Å². The van der Waals surface area contributed by atoms with Gasteiger partial charge in [-0.1, -0.05) is 153 Å². The molecule has 0 amide bonds. The molecule has 0 bridgehead atoms. The largest absolute Gasteiger partial charge is 0.150 e. The van der Waals surface area contributed by atoms with Gasteiger partial charge in [0.1, 0.15) is 0 Å². The highest BCUT2D eigenvalue weighted by Crippen LogP contribution is 2.62. The molecule has 0 saturated heterocycles. The Bertz CT molecular complexity index is 2220. The summed E-state index contributed by atoms with van der Waals surface area (Å²) in [6.07, 6.45) is 0. The second-order valence-electron chi connectivity index (χ2n) is 13.0. The first-order chi connectivity index (χ1) is 22.6. The molecule has 1 spiro atoms. The van der Waals surface area contributed by atoms with Crippen molar-refractivity contribution < 1.29 is 0 Å². The fraction of sp³-hybridized carbons (Fsp3) is 0.0909. The van der Waals surface area contributed by atoms with Crippen molar-refractivity contribution in [2.45, 2.75) is 24.7 Å². The van der Waals surface area contributed by atoms with Crippen LogP contribution < -0.4 is 0 Å². The summed E-state index contributed by atoms with van der Waals surface area (Å²) in [7, 11) is 0. The molecule has 0 aliphatic heterocycles. The van der Waals surface area contributed by atoms with Crippen LogP contribution in [0.1, 0.15) is 47.2 Å². The number of rotatable bonds is 3. The van der Waals surface area contributed by atoms with Gasteiger partial charge in [-0.2, -0.15) is 0 Å². The second kappa shape index (κ2) is 9.95. The Morgan fingerprint density at radius 1 is 0.348 bits per heavy atom. The van der Waals surface area contributed by atoms with Crippen LogP contribution in [0, 0.1) is 0 Å². The number of hydrogen-bond donors (Lipinski definition) is 0. The van der Waals surface area contributed by atoms with Crippen LogP contribution in [0.15, 0.2) is 158 Å². The van der Waals surface area contributed by atoms with E-state index in [4.69, 9.17) is 0 Å². The highest BCUT2D eigenvalue weighted by Gasteiger charge is 2.53. The molecule has 2 aliphatic rings. The first-order valence-electron chi connectivity index (χ1n) is 16.0. The number of nitrogens with zero attached hydrogens (tertiary/aromatic N) is 2. The Hall–Kier alpha value is -5.60. The highest BCUT2D eigenvalue weighted by molar-refractivity contribution is 5.89. The van der Waals surface area contributed by atoms with Crippen LogP contribution in [0.3, 0.4) is 0 Å². The van der Waals surface area contributed by atoms with E-state index >= 15 is 0 Å². The molecule has 0 fully saturated rings. The Morgan fingerprint density at radius 3 is 1.41 bits per heavy atom. The molecule has 1 aromatic heterocycles. The molecule has 7 aromatic rings. The Kier molecular flexibility index (Phi) is 5.79. The molecule has 6 aromatic carbocycles. The van der Waals surface area contributed by atoms with Gasteiger partial charge in [-0.25, -0.2) is 0 Å². The average molecular weight is 589 g/mol. The fourth-order valence-corrected chi connectivity index (χ4v) is 8.12. The lowest BCUT2D eigenvalue weighted by Gasteiger charge is -2.46. The number of aromatic nitrogens is 2. The zero-order valence-corrected chi connectivity index (χ0v) is 25.9. The minimum absolute atomic E-state index is 0.142. The lowest BCUT2D eigenvalue weighted by Crippen LogP contribution is -2.40. The van der Waals surface area contributed by atoms with Gasteiger partial charge >= 0.3 is 0 Å². The molecule has 9 rings (SSSR count). The van der Waals surface area contributed by atoms with E-state index in [1.165, 1.54) is 55.6 Å². The third-order valence-corrected chi connectivity index (χ3v) is 10.3. The van der Waals surface area contributed by atoms with Crippen molar-refractivity contribution in [1.82, 2.24) is 10.2 Å². The van der Waals surface area contributed by atoms with Crippen LogP contribution in [-0.4, -0.2) is 10.2 Å². The number of benzene rings is 6. The lowest BCUT2D eigenvalue weighted by atomic mass is 9.55. The van der Waals surface area contributed by atoms with Gasteiger partial charge in [0.05, 0.1) is 16.8 Å². The van der Waals surface area contributed by atoms with E-state index in [1.807, 2.05) is 24.3 Å². The van der Waals surface area contributed by atoms with Gasteiger partial charge in [0, 0.05) is 16.5 Å². The quantitative estimate of drug-likeness (QED) is 0.205. The summed E-state index contributed by atoms with van der Waals surface area (Å²) in [5, 5.41) is 9.08. The van der Waals surface area contributed by atoms with E-state index in [2.05, 4.69) is 158 Å². The monoisotopic (exact) mass is 588 g/mol. The summed E-state index contributed by atoms with van der Waals surface area (Å²) >= 11 is 0. The first kappa shape index (κ1) is 26.8. The predicted molar refractivity (Wildman–Crippen MR) is 188 cm³/mol. The predicted octanol–water partition coefficient (Wildman–Crippen LogP) is 10.5. The highest BCUT2D eigenvalue weighted by atomic mass is 15.1. The normalized spacial score (nSPS) is 14.7. The Labute approximate surface area is 270 Å². The summed E-state index contributed by atoms with van der Waals surface area (Å²) in [5.41, 5.74) is 16.7. The van der Waals surface area contributed by atoms with E-state index in [0.717, 1.165) is 22.5 Å². The van der Waals surface area contributed by atoms with Crippen molar-refractivity contribution in [2.75, 3.05) is 0 Å². The summed E-state index contributed by atoms with van der Waals surface area (Å²) in [6.45, 7) is 4.76. The van der Waals surface area contributed by atoms with E-state index in [-0.39, 0.29) is 10.8 Å². The fourth-order valence-electron chi connectivity index (χ4n) is 8.12. The number of hydrogen-bond acceptors (Lipinski definition) is 2. The zero-order valence-electron chi connectivity index (χ0n) is 25.9. The van der Waals surface area contributed by atoms with E-state index in [1.54, 1.807) is 0 Å². The molecule has 1 heterocycles. The van der Waals surface area contributed by atoms with Crippen molar-refractivity contribution in [3.63, 3.8) is 0 Å². The van der Waals surface area contributed by atoms with E-state index in [9.17, 15) is 0 Å². The summed E-state index contributed by atoms with van der Waals surface area (Å²) in [5.74, 6) is 0. The van der Waals surface area contributed by atoms with Crippen molar-refractivity contribution in [3.8, 4) is 44.8 Å². The first-order valence-corrected chi connectivity index (χ1v) is 16.0. The molecule has 0 radical (unpaired) electrons. The van der Waals surface area contributed by atoms with Gasteiger partial charge in [0.15, 0.2) is 0 Å². The van der Waals surface area contributed by atoms with Crippen LogP contribution in [0.2, 0.25) is 0 Å². The summed E-state index contributed by atoms with van der Waals surface area (Å²) in [4.78, 5) is 0. The standard InChI is InChI=1S/C44H32N2/c1-43(2)37-18-10-11-19-39(37)44(35-16-8-6-14-33(35)34-15-7-9-17-36(34)44)40-28-32(24-25-38(40)43)29-20-22-31(23-21-29)42-27-26-41(45-46-42)30-12-4-3-5-13-30/h3-28H,1-2H3. The van der Waals surface area contributed by atoms with Gasteiger partial charge in [0.25, 0.3) is 0 Å². The van der Waals surface area contributed by atoms with Crippen molar-refractivity contribution in [3.05, 3.63) is 191 Å². The van der Waals surface area contributed by atoms with Crippen molar-refractivity contribution >= 4 is 0 Å². The maximum absolute atomic E-state index is 4.56. The Morgan fingerprint density at radius 2 is 0.804 bits per heavy atom. The van der Waals surface area contributed by atoms with Crippen molar-refractivity contribution in [2.24, 2.45) is 0 Å². The molecular weight excluding hydrogens is 556 g/mol. The van der Waals surface area contributed by atoms with Gasteiger partial charge in [-0.15, -0.1) is 10.2 Å². The maximum atomic E-state index is 4.56. The molecule has 218 valence electrons. The van der Waals surface area contributed by atoms with E-state index < -0.39 is 0 Å². The minimum Gasteiger partial charge on any atom is -0.150 e. The third kappa shape index (κ3) is 3.71. The maximum Gasteiger partial charge on any atom is 0.0930 e. The summed E-state index contributed by atoms with van der Waals surface area (Å²) in [6, 6.07) is 57.3. The van der Waals surface area contributed by atoms with E-state index in [0.29, 0.717) is 0 Å². The van der Waals surface area contributed by atoms with Crippen LogP contribution in [0.5, 0.6) is 0 Å². The SMILES string of the molecule is CC1(C)c2ccccc2C2(c3ccccc3-c3ccccc32)c2cc(-c3ccc(-c4ccc(-c5ccccc5)nn4)cc3)ccc21. The topological polar surface area (TPSA) is 25.8 Å². The molecular formula is C44H32N2. The molecule has 0 N–H and O–H groups in total. The molecule has 0 atom stereocenters. The van der Waals surface area contributed by atoms with Crippen molar-refractivity contribution in [1.29, 1.82) is 0 Å². The van der Waals surface area contributed by atoms with Crippen LogP contribution >= 0.6 is 0 Å². The zero-order chi connectivity index (χ0) is 30.9. The minimum atomic E-state index is -0.388. The number of fused-ring (bicyclic) bond motifs is 9. The molecule has 2 nitrogen and oxygen atoms in total. The molecule has 0 saturated carbocycles. The average Bonchev–Trinajstić information content (AvgIpc) is 3.42. The van der Waals surface area contributed by atoms with Gasteiger partial charge in [-0.3, -0.25) is 0 Å². The molecule has 0 unspecified atom stereocenters. The Balaban J connectivity index is 1.19. The molecule has 46 heavy (non-hydrogen) atoms.